The van der Waals surface area contributed by atoms with Crippen molar-refractivity contribution in [1.29, 1.82) is 0 Å². The number of hydrogen-bond donors (Lipinski definition) is 2. The maximum absolute atomic E-state index is 13.0. The molecule has 1 aromatic carbocycles. The van der Waals surface area contributed by atoms with E-state index in [1.54, 1.807) is 6.07 Å². The fourth-order valence-corrected chi connectivity index (χ4v) is 1.94. The standard InChI is InChI=1S/C15H18FN3/c1-10-9-13(16)4-3-12(10)7-8-18-15-6-5-14(17)11(2)19-15/h3-6,9H,7-8,17H2,1-2H3,(H,18,19). The van der Waals surface area contributed by atoms with E-state index in [4.69, 9.17) is 5.73 Å². The van der Waals surface area contributed by atoms with Gasteiger partial charge in [-0.15, -0.1) is 0 Å². The number of aromatic nitrogens is 1. The first-order chi connectivity index (χ1) is 9.06. The van der Waals surface area contributed by atoms with Crippen molar-refractivity contribution in [3.63, 3.8) is 0 Å². The summed E-state index contributed by atoms with van der Waals surface area (Å²) in [5, 5.41) is 3.24. The molecule has 2 rings (SSSR count). The molecule has 0 atom stereocenters. The van der Waals surface area contributed by atoms with E-state index in [1.807, 2.05) is 32.0 Å². The summed E-state index contributed by atoms with van der Waals surface area (Å²) in [4.78, 5) is 4.34. The van der Waals surface area contributed by atoms with Gasteiger partial charge in [0.1, 0.15) is 11.6 Å². The Hall–Kier alpha value is -2.10. The smallest absolute Gasteiger partial charge is 0.126 e. The Kier molecular flexibility index (Phi) is 4.00. The second-order valence-corrected chi connectivity index (χ2v) is 4.62. The first-order valence-electron chi connectivity index (χ1n) is 6.28. The van der Waals surface area contributed by atoms with Crippen LogP contribution >= 0.6 is 0 Å². The molecule has 0 saturated carbocycles. The lowest BCUT2D eigenvalue weighted by Crippen LogP contribution is -2.08. The predicted octanol–water partition coefficient (Wildman–Crippen LogP) is 3.07. The van der Waals surface area contributed by atoms with Gasteiger partial charge in [0.2, 0.25) is 0 Å². The van der Waals surface area contributed by atoms with Gasteiger partial charge in [-0.2, -0.15) is 0 Å². The van der Waals surface area contributed by atoms with Crippen LogP contribution in [0.2, 0.25) is 0 Å². The molecule has 0 aliphatic carbocycles. The Morgan fingerprint density at radius 1 is 1.21 bits per heavy atom. The molecule has 19 heavy (non-hydrogen) atoms. The topological polar surface area (TPSA) is 50.9 Å². The second kappa shape index (κ2) is 5.69. The van der Waals surface area contributed by atoms with E-state index in [-0.39, 0.29) is 5.82 Å². The zero-order chi connectivity index (χ0) is 13.8. The number of benzene rings is 1. The van der Waals surface area contributed by atoms with Crippen LogP contribution in [-0.4, -0.2) is 11.5 Å². The highest BCUT2D eigenvalue weighted by atomic mass is 19.1. The highest BCUT2D eigenvalue weighted by Crippen LogP contribution is 2.13. The Morgan fingerprint density at radius 3 is 2.68 bits per heavy atom. The zero-order valence-corrected chi connectivity index (χ0v) is 11.2. The number of anilines is 2. The number of rotatable bonds is 4. The number of nitrogens with one attached hydrogen (secondary N) is 1. The molecule has 0 bridgehead atoms. The van der Waals surface area contributed by atoms with Crippen molar-refractivity contribution in [1.82, 2.24) is 4.98 Å². The third kappa shape index (κ3) is 3.44. The fourth-order valence-electron chi connectivity index (χ4n) is 1.94. The quantitative estimate of drug-likeness (QED) is 0.887. The normalized spacial score (nSPS) is 10.5. The molecule has 0 aliphatic rings. The molecule has 2 aromatic rings. The lowest BCUT2D eigenvalue weighted by atomic mass is 10.1. The molecule has 3 nitrogen and oxygen atoms in total. The highest BCUT2D eigenvalue weighted by molar-refractivity contribution is 5.49. The van der Waals surface area contributed by atoms with Gasteiger partial charge in [-0.1, -0.05) is 6.07 Å². The second-order valence-electron chi connectivity index (χ2n) is 4.62. The summed E-state index contributed by atoms with van der Waals surface area (Å²) < 4.78 is 13.0. The third-order valence-electron chi connectivity index (χ3n) is 3.13. The van der Waals surface area contributed by atoms with Crippen molar-refractivity contribution < 1.29 is 4.39 Å². The number of nitrogen functional groups attached to an aromatic ring is 1. The van der Waals surface area contributed by atoms with Crippen LogP contribution in [0.5, 0.6) is 0 Å². The first kappa shape index (κ1) is 13.3. The molecule has 0 amide bonds. The van der Waals surface area contributed by atoms with Crippen molar-refractivity contribution in [2.45, 2.75) is 20.3 Å². The predicted molar refractivity (Wildman–Crippen MR) is 76.7 cm³/mol. The average molecular weight is 259 g/mol. The van der Waals surface area contributed by atoms with E-state index in [0.717, 1.165) is 35.6 Å². The highest BCUT2D eigenvalue weighted by Gasteiger charge is 2.01. The molecular weight excluding hydrogens is 241 g/mol. The molecule has 100 valence electrons. The molecule has 0 fully saturated rings. The summed E-state index contributed by atoms with van der Waals surface area (Å²) >= 11 is 0. The monoisotopic (exact) mass is 259 g/mol. The summed E-state index contributed by atoms with van der Waals surface area (Å²) in [5.74, 6) is 0.622. The van der Waals surface area contributed by atoms with Crippen LogP contribution in [0, 0.1) is 19.7 Å². The molecule has 1 aromatic heterocycles. The van der Waals surface area contributed by atoms with Crippen molar-refractivity contribution in [2.75, 3.05) is 17.6 Å². The minimum Gasteiger partial charge on any atom is -0.397 e. The van der Waals surface area contributed by atoms with Crippen molar-refractivity contribution in [3.8, 4) is 0 Å². The average Bonchev–Trinajstić information content (AvgIpc) is 2.36. The van der Waals surface area contributed by atoms with Crippen molar-refractivity contribution >= 4 is 11.5 Å². The Labute approximate surface area is 112 Å². The van der Waals surface area contributed by atoms with Crippen LogP contribution < -0.4 is 11.1 Å². The van der Waals surface area contributed by atoms with Crippen LogP contribution in [0.4, 0.5) is 15.9 Å². The fraction of sp³-hybridized carbons (Fsp3) is 0.267. The maximum Gasteiger partial charge on any atom is 0.126 e. The molecule has 0 aliphatic heterocycles. The SMILES string of the molecule is Cc1cc(F)ccc1CCNc1ccc(N)c(C)n1. The first-order valence-corrected chi connectivity index (χ1v) is 6.28. The largest absolute Gasteiger partial charge is 0.397 e. The van der Waals surface area contributed by atoms with Gasteiger partial charge in [-0.25, -0.2) is 9.37 Å². The number of nitrogens with zero attached hydrogens (tertiary/aromatic N) is 1. The summed E-state index contributed by atoms with van der Waals surface area (Å²) in [5.41, 5.74) is 9.35. The summed E-state index contributed by atoms with van der Waals surface area (Å²) in [6, 6.07) is 8.58. The summed E-state index contributed by atoms with van der Waals surface area (Å²) in [6.07, 6.45) is 0.831. The van der Waals surface area contributed by atoms with Gasteiger partial charge >= 0.3 is 0 Å². The van der Waals surface area contributed by atoms with Gasteiger partial charge in [0.05, 0.1) is 11.4 Å². The summed E-state index contributed by atoms with van der Waals surface area (Å²) in [7, 11) is 0. The van der Waals surface area contributed by atoms with Gasteiger partial charge in [-0.3, -0.25) is 0 Å². The number of aryl methyl sites for hydroxylation is 2. The minimum atomic E-state index is -0.190. The van der Waals surface area contributed by atoms with E-state index >= 15 is 0 Å². The molecular formula is C15H18FN3. The minimum absolute atomic E-state index is 0.190. The van der Waals surface area contributed by atoms with Crippen molar-refractivity contribution in [3.05, 3.63) is 53.0 Å². The van der Waals surface area contributed by atoms with Gasteiger partial charge in [0, 0.05) is 6.54 Å². The molecule has 0 spiro atoms. The van der Waals surface area contributed by atoms with E-state index in [1.165, 1.54) is 6.07 Å². The molecule has 0 saturated heterocycles. The van der Waals surface area contributed by atoms with Crippen LogP contribution in [0.3, 0.4) is 0 Å². The van der Waals surface area contributed by atoms with E-state index in [2.05, 4.69) is 10.3 Å². The summed E-state index contributed by atoms with van der Waals surface area (Å²) in [6.45, 7) is 4.55. The van der Waals surface area contributed by atoms with Gasteiger partial charge in [-0.05, 0) is 55.7 Å². The van der Waals surface area contributed by atoms with Crippen LogP contribution in [-0.2, 0) is 6.42 Å². The Balaban J connectivity index is 1.94. The lowest BCUT2D eigenvalue weighted by molar-refractivity contribution is 0.625. The van der Waals surface area contributed by atoms with Crippen LogP contribution in [0.15, 0.2) is 30.3 Å². The van der Waals surface area contributed by atoms with E-state index < -0.39 is 0 Å². The number of halogens is 1. The molecule has 1 heterocycles. The van der Waals surface area contributed by atoms with E-state index in [9.17, 15) is 4.39 Å². The van der Waals surface area contributed by atoms with Crippen LogP contribution in [0.1, 0.15) is 16.8 Å². The maximum atomic E-state index is 13.0. The van der Waals surface area contributed by atoms with Crippen molar-refractivity contribution in [2.24, 2.45) is 0 Å². The van der Waals surface area contributed by atoms with Gasteiger partial charge in [0.15, 0.2) is 0 Å². The number of pyridine rings is 1. The van der Waals surface area contributed by atoms with E-state index in [0.29, 0.717) is 5.69 Å². The van der Waals surface area contributed by atoms with Crippen LogP contribution in [0.25, 0.3) is 0 Å². The lowest BCUT2D eigenvalue weighted by Gasteiger charge is -2.09. The third-order valence-corrected chi connectivity index (χ3v) is 3.13. The van der Waals surface area contributed by atoms with Gasteiger partial charge in [0.25, 0.3) is 0 Å². The number of hydrogen-bond acceptors (Lipinski definition) is 3. The molecule has 0 radical (unpaired) electrons. The van der Waals surface area contributed by atoms with Gasteiger partial charge < -0.3 is 11.1 Å². The number of nitrogens with two attached hydrogens (primary N) is 1. The molecule has 0 unspecified atom stereocenters. The Bertz CT molecular complexity index is 582. The Morgan fingerprint density at radius 2 is 2.00 bits per heavy atom. The molecule has 4 heteroatoms. The molecule has 3 N–H and O–H groups in total. The zero-order valence-electron chi connectivity index (χ0n) is 11.2.